The Kier molecular flexibility index (Phi) is 7.07. The molecule has 0 aliphatic rings. The van der Waals surface area contributed by atoms with Crippen LogP contribution in [0, 0.1) is 6.92 Å². The summed E-state index contributed by atoms with van der Waals surface area (Å²) in [5, 5.41) is 6.82. The molecule has 1 aromatic heterocycles. The fourth-order valence-corrected chi connectivity index (χ4v) is 4.23. The number of nitrogens with one attached hydrogen (secondary N) is 2. The van der Waals surface area contributed by atoms with Crippen molar-refractivity contribution in [3.05, 3.63) is 87.3 Å². The van der Waals surface area contributed by atoms with E-state index in [0.717, 1.165) is 12.0 Å². The van der Waals surface area contributed by atoms with Crippen molar-refractivity contribution < 1.29 is 9.59 Å². The second-order valence-electron chi connectivity index (χ2n) is 6.91. The second kappa shape index (κ2) is 9.72. The lowest BCUT2D eigenvalue weighted by Gasteiger charge is -2.12. The highest BCUT2D eigenvalue weighted by Crippen LogP contribution is 2.28. The van der Waals surface area contributed by atoms with Crippen LogP contribution in [0.2, 0.25) is 5.02 Å². The van der Waals surface area contributed by atoms with E-state index < -0.39 is 0 Å². The number of carbonyl (C=O) groups is 2. The summed E-state index contributed by atoms with van der Waals surface area (Å²) >= 11 is 7.34. The molecule has 0 saturated carbocycles. The molecule has 6 heteroatoms. The van der Waals surface area contributed by atoms with Crippen LogP contribution in [-0.2, 0) is 0 Å². The Hall–Kier alpha value is -2.63. The highest BCUT2D eigenvalue weighted by Gasteiger charge is 2.17. The van der Waals surface area contributed by atoms with Crippen molar-refractivity contribution in [1.29, 1.82) is 0 Å². The normalized spacial score (nSPS) is 11.7. The molecule has 29 heavy (non-hydrogen) atoms. The molecule has 1 unspecified atom stereocenters. The van der Waals surface area contributed by atoms with Crippen LogP contribution < -0.4 is 10.6 Å². The molecule has 3 rings (SSSR count). The van der Waals surface area contributed by atoms with E-state index in [2.05, 4.69) is 29.7 Å². The van der Waals surface area contributed by atoms with E-state index in [4.69, 9.17) is 11.6 Å². The number of halogens is 1. The minimum absolute atomic E-state index is 0.119. The Labute approximate surface area is 179 Å². The van der Waals surface area contributed by atoms with Gasteiger partial charge in [-0.2, -0.15) is 0 Å². The van der Waals surface area contributed by atoms with E-state index >= 15 is 0 Å². The summed E-state index contributed by atoms with van der Waals surface area (Å²) in [5.74, 6) is -0.0436. The van der Waals surface area contributed by atoms with Gasteiger partial charge in [0, 0.05) is 6.54 Å². The number of carbonyl (C=O) groups excluding carboxylic acids is 2. The smallest absolute Gasteiger partial charge is 0.261 e. The van der Waals surface area contributed by atoms with Crippen LogP contribution >= 0.6 is 22.9 Å². The van der Waals surface area contributed by atoms with Gasteiger partial charge in [0.25, 0.3) is 11.8 Å². The molecular weight excluding hydrogens is 404 g/mol. The average Bonchev–Trinajstić information content (AvgIpc) is 3.08. The van der Waals surface area contributed by atoms with E-state index in [1.807, 2.05) is 25.1 Å². The third-order valence-corrected chi connectivity index (χ3v) is 6.19. The lowest BCUT2D eigenvalue weighted by Crippen LogP contribution is -2.25. The Morgan fingerprint density at radius 1 is 1.03 bits per heavy atom. The van der Waals surface area contributed by atoms with Crippen LogP contribution in [-0.4, -0.2) is 18.4 Å². The largest absolute Gasteiger partial charge is 0.351 e. The topological polar surface area (TPSA) is 58.2 Å². The average molecular weight is 427 g/mol. The van der Waals surface area contributed by atoms with E-state index in [1.54, 1.807) is 30.3 Å². The first-order chi connectivity index (χ1) is 14.0. The molecule has 3 aromatic rings. The van der Waals surface area contributed by atoms with Gasteiger partial charge in [-0.1, -0.05) is 61.0 Å². The second-order valence-corrected chi connectivity index (χ2v) is 8.37. The van der Waals surface area contributed by atoms with Crippen molar-refractivity contribution in [2.75, 3.05) is 11.9 Å². The number of aryl methyl sites for hydroxylation is 1. The van der Waals surface area contributed by atoms with Gasteiger partial charge < -0.3 is 10.6 Å². The number of hydrogen-bond acceptors (Lipinski definition) is 3. The number of anilines is 1. The standard InChI is InChI=1S/C23H23ClN2O2S/c1-15(17-8-4-3-5-9-17)12-13-25-23(28)21-16(2)14-20(29-21)26-22(27)18-10-6-7-11-19(18)24/h3-11,14-15H,12-13H2,1-2H3,(H,25,28)(H,26,27). The zero-order valence-corrected chi connectivity index (χ0v) is 17.9. The predicted octanol–water partition coefficient (Wildman–Crippen LogP) is 5.89. The maximum absolute atomic E-state index is 12.6. The van der Waals surface area contributed by atoms with Gasteiger partial charge in [-0.05, 0) is 48.6 Å². The summed E-state index contributed by atoms with van der Waals surface area (Å²) in [6.45, 7) is 4.61. The molecule has 1 atom stereocenters. The summed E-state index contributed by atoms with van der Waals surface area (Å²) in [4.78, 5) is 25.6. The maximum atomic E-state index is 12.6. The molecule has 150 valence electrons. The predicted molar refractivity (Wildman–Crippen MR) is 120 cm³/mol. The first-order valence-corrected chi connectivity index (χ1v) is 10.6. The van der Waals surface area contributed by atoms with E-state index in [-0.39, 0.29) is 11.8 Å². The van der Waals surface area contributed by atoms with Crippen molar-refractivity contribution in [1.82, 2.24) is 5.32 Å². The minimum Gasteiger partial charge on any atom is -0.351 e. The van der Waals surface area contributed by atoms with E-state index in [1.165, 1.54) is 16.9 Å². The molecule has 0 fully saturated rings. The highest BCUT2D eigenvalue weighted by atomic mass is 35.5. The van der Waals surface area contributed by atoms with Crippen molar-refractivity contribution >= 4 is 39.8 Å². The summed E-state index contributed by atoms with van der Waals surface area (Å²) in [6, 6.07) is 18.9. The first kappa shape index (κ1) is 21.1. The van der Waals surface area contributed by atoms with Crippen LogP contribution in [0.4, 0.5) is 5.00 Å². The molecule has 2 N–H and O–H groups in total. The SMILES string of the molecule is Cc1cc(NC(=O)c2ccccc2Cl)sc1C(=O)NCCC(C)c1ccccc1. The van der Waals surface area contributed by atoms with Crippen LogP contribution in [0.25, 0.3) is 0 Å². The molecule has 0 saturated heterocycles. The Morgan fingerprint density at radius 2 is 1.72 bits per heavy atom. The van der Waals surface area contributed by atoms with Gasteiger partial charge in [0.1, 0.15) is 0 Å². The van der Waals surface area contributed by atoms with Crippen molar-refractivity contribution in [3.8, 4) is 0 Å². The van der Waals surface area contributed by atoms with Gasteiger partial charge in [-0.25, -0.2) is 0 Å². The zero-order chi connectivity index (χ0) is 20.8. The molecule has 0 aliphatic carbocycles. The summed E-state index contributed by atoms with van der Waals surface area (Å²) in [6.07, 6.45) is 0.857. The monoisotopic (exact) mass is 426 g/mol. The zero-order valence-electron chi connectivity index (χ0n) is 16.4. The van der Waals surface area contributed by atoms with Crippen LogP contribution in [0.3, 0.4) is 0 Å². The third-order valence-electron chi connectivity index (χ3n) is 4.71. The van der Waals surface area contributed by atoms with Crippen LogP contribution in [0.1, 0.15) is 50.4 Å². The van der Waals surface area contributed by atoms with Gasteiger partial charge in [0.15, 0.2) is 0 Å². The minimum atomic E-state index is -0.291. The number of thiophene rings is 1. The van der Waals surface area contributed by atoms with Gasteiger partial charge in [0.05, 0.1) is 20.5 Å². The van der Waals surface area contributed by atoms with Gasteiger partial charge in [0.2, 0.25) is 0 Å². The quantitative estimate of drug-likeness (QED) is 0.495. The number of amides is 2. The molecular formula is C23H23ClN2O2S. The Balaban J connectivity index is 1.57. The van der Waals surface area contributed by atoms with E-state index in [0.29, 0.717) is 32.9 Å². The molecule has 2 aromatic carbocycles. The fourth-order valence-electron chi connectivity index (χ4n) is 3.02. The third kappa shape index (κ3) is 5.46. The van der Waals surface area contributed by atoms with Gasteiger partial charge in [-0.15, -0.1) is 11.3 Å². The fraction of sp³-hybridized carbons (Fsp3) is 0.217. The van der Waals surface area contributed by atoms with Gasteiger partial charge in [-0.3, -0.25) is 9.59 Å². The molecule has 0 bridgehead atoms. The van der Waals surface area contributed by atoms with E-state index in [9.17, 15) is 9.59 Å². The number of rotatable bonds is 7. The summed E-state index contributed by atoms with van der Waals surface area (Å²) in [5.41, 5.74) is 2.50. The van der Waals surface area contributed by atoms with Crippen LogP contribution in [0.15, 0.2) is 60.7 Å². The Morgan fingerprint density at radius 3 is 2.45 bits per heavy atom. The summed E-state index contributed by atoms with van der Waals surface area (Å²) < 4.78 is 0. The maximum Gasteiger partial charge on any atom is 0.261 e. The molecule has 0 aliphatic heterocycles. The van der Waals surface area contributed by atoms with Gasteiger partial charge >= 0.3 is 0 Å². The Bertz CT molecular complexity index is 1000. The number of hydrogen-bond donors (Lipinski definition) is 2. The van der Waals surface area contributed by atoms with Crippen molar-refractivity contribution in [3.63, 3.8) is 0 Å². The molecule has 0 radical (unpaired) electrons. The molecule has 1 heterocycles. The lowest BCUT2D eigenvalue weighted by atomic mass is 9.98. The van der Waals surface area contributed by atoms with Crippen molar-refractivity contribution in [2.24, 2.45) is 0 Å². The number of benzene rings is 2. The van der Waals surface area contributed by atoms with Crippen molar-refractivity contribution in [2.45, 2.75) is 26.2 Å². The molecule has 0 spiro atoms. The highest BCUT2D eigenvalue weighted by molar-refractivity contribution is 7.18. The van der Waals surface area contributed by atoms with Crippen LogP contribution in [0.5, 0.6) is 0 Å². The first-order valence-electron chi connectivity index (χ1n) is 9.45. The summed E-state index contributed by atoms with van der Waals surface area (Å²) in [7, 11) is 0. The lowest BCUT2D eigenvalue weighted by molar-refractivity contribution is 0.0955. The molecule has 4 nitrogen and oxygen atoms in total. The molecule has 2 amide bonds.